The molecule has 6 heteroatoms. The molecule has 5 nitrogen and oxygen atoms in total. The fourth-order valence-corrected chi connectivity index (χ4v) is 4.04. The maximum Gasteiger partial charge on any atom is 0.302 e. The van der Waals surface area contributed by atoms with Crippen LogP contribution in [-0.2, 0) is 35.5 Å². The molecule has 26 heavy (non-hydrogen) atoms. The summed E-state index contributed by atoms with van der Waals surface area (Å²) in [7, 11) is 6.10. The smallest absolute Gasteiger partial charge is 0.302 e. The molecule has 2 radical (unpaired) electrons. The third-order valence-corrected chi connectivity index (χ3v) is 5.32. The summed E-state index contributed by atoms with van der Waals surface area (Å²) in [6, 6.07) is 7.51. The van der Waals surface area contributed by atoms with Gasteiger partial charge < -0.3 is 14.2 Å². The average Bonchev–Trinajstić information content (AvgIpc) is 3.01. The summed E-state index contributed by atoms with van der Waals surface area (Å²) in [5, 5.41) is 0. The van der Waals surface area contributed by atoms with Crippen molar-refractivity contribution in [3.05, 3.63) is 46.8 Å². The molecule has 0 spiro atoms. The Morgan fingerprint density at radius 1 is 1.23 bits per heavy atom. The van der Waals surface area contributed by atoms with Gasteiger partial charge in [0.25, 0.3) is 5.91 Å². The van der Waals surface area contributed by atoms with Gasteiger partial charge in [-0.2, -0.15) is 0 Å². The number of rotatable bonds is 3. The van der Waals surface area contributed by atoms with Crippen molar-refractivity contribution in [2.45, 2.75) is 45.8 Å². The number of fused-ring (bicyclic) bond motifs is 3. The lowest BCUT2D eigenvalue weighted by Crippen LogP contribution is -2.41. The Labute approximate surface area is 154 Å². The standard InChI is InChI=1S/C20H21BN2O3/c1-13(24)26-12-15-16(21)6-4-8-18(15)23-10-9-22-17-7-3-2-5-14(17)11-19(22)20(23)25/h4,6,8,11H,2-3,5,7,9-10,12H2,1H3. The number of carbonyl (C=O) groups is 2. The predicted molar refractivity (Wildman–Crippen MR) is 100 cm³/mol. The first-order valence-corrected chi connectivity index (χ1v) is 9.10. The first-order chi connectivity index (χ1) is 12.6. The largest absolute Gasteiger partial charge is 0.461 e. The first-order valence-electron chi connectivity index (χ1n) is 9.10. The number of hydrogen-bond donors (Lipinski definition) is 0. The van der Waals surface area contributed by atoms with Gasteiger partial charge in [-0.1, -0.05) is 17.6 Å². The maximum absolute atomic E-state index is 13.2. The molecule has 0 unspecified atom stereocenters. The van der Waals surface area contributed by atoms with Crippen molar-refractivity contribution in [2.24, 2.45) is 0 Å². The molecule has 0 N–H and O–H groups in total. The molecule has 1 aliphatic carbocycles. The minimum Gasteiger partial charge on any atom is -0.461 e. The third-order valence-electron chi connectivity index (χ3n) is 5.32. The zero-order chi connectivity index (χ0) is 18.3. The first kappa shape index (κ1) is 16.9. The highest BCUT2D eigenvalue weighted by atomic mass is 16.5. The van der Waals surface area contributed by atoms with Crippen molar-refractivity contribution in [3.63, 3.8) is 0 Å². The Morgan fingerprint density at radius 2 is 2.04 bits per heavy atom. The summed E-state index contributed by atoms with van der Waals surface area (Å²) in [4.78, 5) is 26.2. The van der Waals surface area contributed by atoms with Crippen molar-refractivity contribution < 1.29 is 14.3 Å². The van der Waals surface area contributed by atoms with Crippen LogP contribution >= 0.6 is 0 Å². The topological polar surface area (TPSA) is 51.5 Å². The Kier molecular flexibility index (Phi) is 4.35. The SMILES string of the molecule is [B]c1cccc(N2CCn3c(cc4c3CCCC4)C2=O)c1COC(C)=O. The molecule has 2 heterocycles. The number of esters is 1. The van der Waals surface area contributed by atoms with E-state index < -0.39 is 0 Å². The van der Waals surface area contributed by atoms with Crippen LogP contribution in [0.5, 0.6) is 0 Å². The molecule has 0 saturated carbocycles. The molecule has 4 rings (SSSR count). The van der Waals surface area contributed by atoms with E-state index in [-0.39, 0.29) is 18.5 Å². The summed E-state index contributed by atoms with van der Waals surface area (Å²) in [5.74, 6) is -0.383. The highest BCUT2D eigenvalue weighted by Gasteiger charge is 2.31. The number of aromatic nitrogens is 1. The molecule has 132 valence electrons. The number of carbonyl (C=O) groups excluding carboxylic acids is 2. The Balaban J connectivity index is 1.70. The molecular formula is C20H21BN2O3. The van der Waals surface area contributed by atoms with E-state index in [0.29, 0.717) is 17.6 Å². The molecule has 0 saturated heterocycles. The molecule has 2 aliphatic rings. The van der Waals surface area contributed by atoms with Crippen molar-refractivity contribution in [2.75, 3.05) is 11.4 Å². The monoisotopic (exact) mass is 348 g/mol. The molecule has 0 atom stereocenters. The number of nitrogens with zero attached hydrogens (tertiary/aromatic N) is 2. The Hall–Kier alpha value is -2.50. The number of aryl methyl sites for hydroxylation is 1. The summed E-state index contributed by atoms with van der Waals surface area (Å²) < 4.78 is 7.34. The van der Waals surface area contributed by atoms with Crippen LogP contribution in [0, 0.1) is 0 Å². The molecule has 1 aromatic carbocycles. The fraction of sp³-hybridized carbons (Fsp3) is 0.400. The van der Waals surface area contributed by atoms with Crippen LogP contribution in [0.4, 0.5) is 5.69 Å². The second-order valence-electron chi connectivity index (χ2n) is 6.94. The van der Waals surface area contributed by atoms with E-state index in [0.717, 1.165) is 30.8 Å². The average molecular weight is 348 g/mol. The van der Waals surface area contributed by atoms with E-state index >= 15 is 0 Å². The molecule has 2 aromatic rings. The molecular weight excluding hydrogens is 327 g/mol. The van der Waals surface area contributed by atoms with Gasteiger partial charge in [-0.15, -0.1) is 0 Å². The van der Waals surface area contributed by atoms with E-state index in [9.17, 15) is 9.59 Å². The summed E-state index contributed by atoms with van der Waals surface area (Å²) in [5.41, 5.74) is 5.32. The van der Waals surface area contributed by atoms with Crippen LogP contribution in [0.2, 0.25) is 0 Å². The van der Waals surface area contributed by atoms with Gasteiger partial charge in [0.15, 0.2) is 0 Å². The van der Waals surface area contributed by atoms with E-state index in [2.05, 4.69) is 10.6 Å². The van der Waals surface area contributed by atoms with E-state index in [4.69, 9.17) is 12.6 Å². The third kappa shape index (κ3) is 2.83. The molecule has 0 fully saturated rings. The second-order valence-corrected chi connectivity index (χ2v) is 6.94. The van der Waals surface area contributed by atoms with Gasteiger partial charge in [-0.05, 0) is 43.4 Å². The van der Waals surface area contributed by atoms with Crippen molar-refractivity contribution >= 4 is 30.9 Å². The van der Waals surface area contributed by atoms with E-state index in [1.54, 1.807) is 11.0 Å². The van der Waals surface area contributed by atoms with E-state index in [1.165, 1.54) is 31.0 Å². The zero-order valence-electron chi connectivity index (χ0n) is 15.0. The lowest BCUT2D eigenvalue weighted by Gasteiger charge is -2.31. The van der Waals surface area contributed by atoms with Gasteiger partial charge in [0, 0.05) is 31.3 Å². The Morgan fingerprint density at radius 3 is 2.85 bits per heavy atom. The number of benzene rings is 1. The second kappa shape index (κ2) is 6.67. The minimum absolute atomic E-state index is 0.0136. The fourth-order valence-electron chi connectivity index (χ4n) is 4.04. The minimum atomic E-state index is -0.370. The van der Waals surface area contributed by atoms with Gasteiger partial charge in [0.2, 0.25) is 0 Å². The van der Waals surface area contributed by atoms with Crippen LogP contribution in [0.1, 0.15) is 47.1 Å². The summed E-state index contributed by atoms with van der Waals surface area (Å²) >= 11 is 0. The Bertz CT molecular complexity index is 887. The summed E-state index contributed by atoms with van der Waals surface area (Å²) in [6.45, 7) is 2.79. The van der Waals surface area contributed by atoms with E-state index in [1.807, 2.05) is 12.1 Å². The van der Waals surface area contributed by atoms with Gasteiger partial charge in [-0.25, -0.2) is 0 Å². The summed E-state index contributed by atoms with van der Waals surface area (Å²) in [6.07, 6.45) is 4.49. The molecule has 1 aliphatic heterocycles. The molecule has 0 bridgehead atoms. The van der Waals surface area contributed by atoms with Crippen LogP contribution in [0.3, 0.4) is 0 Å². The van der Waals surface area contributed by atoms with Gasteiger partial charge in [0.1, 0.15) is 20.1 Å². The maximum atomic E-state index is 13.2. The van der Waals surface area contributed by atoms with Crippen molar-refractivity contribution in [1.82, 2.24) is 4.57 Å². The van der Waals surface area contributed by atoms with Crippen molar-refractivity contribution in [1.29, 1.82) is 0 Å². The lowest BCUT2D eigenvalue weighted by molar-refractivity contribution is -0.142. The van der Waals surface area contributed by atoms with Gasteiger partial charge in [0.05, 0.1) is 5.69 Å². The van der Waals surface area contributed by atoms with Gasteiger partial charge in [-0.3, -0.25) is 9.59 Å². The quantitative estimate of drug-likeness (QED) is 0.629. The van der Waals surface area contributed by atoms with Gasteiger partial charge >= 0.3 is 5.97 Å². The van der Waals surface area contributed by atoms with Crippen LogP contribution in [-0.4, -0.2) is 30.8 Å². The van der Waals surface area contributed by atoms with Crippen LogP contribution in [0.25, 0.3) is 0 Å². The highest BCUT2D eigenvalue weighted by Crippen LogP contribution is 2.31. The highest BCUT2D eigenvalue weighted by molar-refractivity contribution is 6.34. The normalized spacial score (nSPS) is 16.2. The van der Waals surface area contributed by atoms with Crippen molar-refractivity contribution in [3.8, 4) is 0 Å². The van der Waals surface area contributed by atoms with Crippen LogP contribution < -0.4 is 10.4 Å². The zero-order valence-corrected chi connectivity index (χ0v) is 15.0. The molecule has 1 amide bonds. The molecule has 1 aromatic heterocycles. The number of anilines is 1. The lowest BCUT2D eigenvalue weighted by atomic mass is 9.89. The number of hydrogen-bond acceptors (Lipinski definition) is 3. The predicted octanol–water partition coefficient (Wildman–Crippen LogP) is 1.88. The van der Waals surface area contributed by atoms with Crippen LogP contribution in [0.15, 0.2) is 24.3 Å². The number of ether oxygens (including phenoxy) is 1. The number of amides is 1.